The molecule has 1 fully saturated rings. The lowest BCUT2D eigenvalue weighted by Gasteiger charge is -2.41. The Morgan fingerprint density at radius 3 is 1.29 bits per heavy atom. The van der Waals surface area contributed by atoms with Gasteiger partial charge in [-0.25, -0.2) is 0 Å². The van der Waals surface area contributed by atoms with Crippen molar-refractivity contribution in [2.75, 3.05) is 0 Å². The molecule has 0 atom stereocenters. The Hall–Kier alpha value is -0.0800. The second-order valence-electron chi connectivity index (χ2n) is 4.67. The topological polar surface area (TPSA) is 23.5 Å². The molecule has 1 N–H and O–H groups in total. The van der Waals surface area contributed by atoms with Crippen molar-refractivity contribution in [3.05, 3.63) is 0 Å². The lowest BCUT2D eigenvalue weighted by molar-refractivity contribution is -0.215. The van der Waals surface area contributed by atoms with Crippen LogP contribution < -0.4 is 0 Å². The normalized spacial score (nSPS) is 25.5. The third-order valence-corrected chi connectivity index (χ3v) is 4.59. The first-order valence-electron chi connectivity index (χ1n) is 6.10. The van der Waals surface area contributed by atoms with Gasteiger partial charge in [-0.15, -0.1) is 0 Å². The van der Waals surface area contributed by atoms with Crippen LogP contribution in [0.15, 0.2) is 0 Å². The predicted molar refractivity (Wildman–Crippen MR) is 59.5 cm³/mol. The number of hydrogen-bond acceptors (Lipinski definition) is 2. The molecule has 1 aliphatic rings. The second-order valence-corrected chi connectivity index (χ2v) is 4.67. The van der Waals surface area contributed by atoms with E-state index in [1.54, 1.807) is 5.06 Å². The molecule has 0 unspecified atom stereocenters. The van der Waals surface area contributed by atoms with Gasteiger partial charge in [0.1, 0.15) is 0 Å². The van der Waals surface area contributed by atoms with E-state index < -0.39 is 0 Å². The van der Waals surface area contributed by atoms with Gasteiger partial charge in [0.05, 0.1) is 0 Å². The van der Waals surface area contributed by atoms with Crippen molar-refractivity contribution in [3.8, 4) is 0 Å². The Morgan fingerprint density at radius 1 is 0.857 bits per heavy atom. The van der Waals surface area contributed by atoms with Crippen LogP contribution in [-0.4, -0.2) is 21.3 Å². The Bertz CT molecular complexity index is 163. The molecule has 0 bridgehead atoms. The predicted octanol–water partition coefficient (Wildman–Crippen LogP) is 3.59. The van der Waals surface area contributed by atoms with Gasteiger partial charge in [0.15, 0.2) is 0 Å². The standard InChI is InChI=1S/C12H25NO/c1-5-11(6-2)9-10-12(7-3,8-4)13(11)14/h14H,5-10H2,1-4H3. The monoisotopic (exact) mass is 199 g/mol. The van der Waals surface area contributed by atoms with Crippen LogP contribution >= 0.6 is 0 Å². The minimum atomic E-state index is 0.0615. The highest BCUT2D eigenvalue weighted by Gasteiger charge is 2.50. The molecular formula is C12H25NO. The van der Waals surface area contributed by atoms with E-state index >= 15 is 0 Å². The highest BCUT2D eigenvalue weighted by Crippen LogP contribution is 2.46. The van der Waals surface area contributed by atoms with Crippen molar-refractivity contribution in [1.29, 1.82) is 0 Å². The van der Waals surface area contributed by atoms with Crippen molar-refractivity contribution >= 4 is 0 Å². The zero-order valence-electron chi connectivity index (χ0n) is 10.1. The van der Waals surface area contributed by atoms with E-state index in [0.29, 0.717) is 0 Å². The molecule has 2 nitrogen and oxygen atoms in total. The van der Waals surface area contributed by atoms with E-state index in [9.17, 15) is 5.21 Å². The summed E-state index contributed by atoms with van der Waals surface area (Å²) in [4.78, 5) is 0. The second kappa shape index (κ2) is 4.19. The van der Waals surface area contributed by atoms with Crippen LogP contribution in [0.5, 0.6) is 0 Å². The minimum absolute atomic E-state index is 0.0615. The van der Waals surface area contributed by atoms with Gasteiger partial charge < -0.3 is 5.21 Å². The van der Waals surface area contributed by atoms with Crippen LogP contribution in [0.4, 0.5) is 0 Å². The van der Waals surface area contributed by atoms with Crippen molar-refractivity contribution in [1.82, 2.24) is 5.06 Å². The molecule has 0 aromatic heterocycles. The van der Waals surface area contributed by atoms with Crippen molar-refractivity contribution in [3.63, 3.8) is 0 Å². The molecule has 14 heavy (non-hydrogen) atoms. The third-order valence-electron chi connectivity index (χ3n) is 4.59. The van der Waals surface area contributed by atoms with E-state index in [2.05, 4.69) is 27.7 Å². The van der Waals surface area contributed by atoms with Crippen LogP contribution in [0.2, 0.25) is 0 Å². The molecule has 0 spiro atoms. The zero-order valence-corrected chi connectivity index (χ0v) is 10.1. The molecular weight excluding hydrogens is 174 g/mol. The SMILES string of the molecule is CCC1(CC)CCC(CC)(CC)N1O. The van der Waals surface area contributed by atoms with Crippen molar-refractivity contribution < 1.29 is 5.21 Å². The highest BCUT2D eigenvalue weighted by molar-refractivity contribution is 5.02. The molecule has 0 amide bonds. The Labute approximate surface area is 88.3 Å². The van der Waals surface area contributed by atoms with Crippen LogP contribution in [0, 0.1) is 0 Å². The van der Waals surface area contributed by atoms with E-state index in [-0.39, 0.29) is 11.1 Å². The Morgan fingerprint density at radius 2 is 1.14 bits per heavy atom. The van der Waals surface area contributed by atoms with E-state index in [4.69, 9.17) is 0 Å². The minimum Gasteiger partial charge on any atom is -0.313 e. The lowest BCUT2D eigenvalue weighted by Crippen LogP contribution is -2.51. The number of hydrogen-bond donors (Lipinski definition) is 1. The maximum absolute atomic E-state index is 10.4. The van der Waals surface area contributed by atoms with Gasteiger partial charge in [-0.1, -0.05) is 27.7 Å². The summed E-state index contributed by atoms with van der Waals surface area (Å²) in [7, 11) is 0. The fourth-order valence-electron chi connectivity index (χ4n) is 2.99. The molecule has 1 rings (SSSR count). The molecule has 0 aromatic rings. The average Bonchev–Trinajstić information content (AvgIpc) is 2.53. The first-order valence-corrected chi connectivity index (χ1v) is 6.10. The smallest absolute Gasteiger partial charge is 0.0462 e. The van der Waals surface area contributed by atoms with Gasteiger partial charge in [-0.2, -0.15) is 5.06 Å². The lowest BCUT2D eigenvalue weighted by atomic mass is 9.90. The van der Waals surface area contributed by atoms with Crippen LogP contribution in [0.3, 0.4) is 0 Å². The van der Waals surface area contributed by atoms with Gasteiger partial charge in [0, 0.05) is 11.1 Å². The number of rotatable bonds is 4. The maximum Gasteiger partial charge on any atom is 0.0462 e. The summed E-state index contributed by atoms with van der Waals surface area (Å²) in [6, 6.07) is 0. The zero-order chi connectivity index (χ0) is 10.8. The number of hydroxylamine groups is 2. The van der Waals surface area contributed by atoms with Crippen molar-refractivity contribution in [2.24, 2.45) is 0 Å². The summed E-state index contributed by atoms with van der Waals surface area (Å²) >= 11 is 0. The molecule has 0 aliphatic carbocycles. The molecule has 84 valence electrons. The number of nitrogens with zero attached hydrogens (tertiary/aromatic N) is 1. The third kappa shape index (κ3) is 1.49. The molecule has 2 heteroatoms. The molecule has 0 radical (unpaired) electrons. The van der Waals surface area contributed by atoms with E-state index in [1.807, 2.05) is 0 Å². The van der Waals surface area contributed by atoms with Gasteiger partial charge in [0.2, 0.25) is 0 Å². The summed E-state index contributed by atoms with van der Waals surface area (Å²) < 4.78 is 0. The van der Waals surface area contributed by atoms with Gasteiger partial charge in [-0.3, -0.25) is 0 Å². The summed E-state index contributed by atoms with van der Waals surface area (Å²) in [5.41, 5.74) is 0.123. The highest BCUT2D eigenvalue weighted by atomic mass is 16.5. The van der Waals surface area contributed by atoms with Crippen LogP contribution in [-0.2, 0) is 0 Å². The van der Waals surface area contributed by atoms with Crippen LogP contribution in [0.1, 0.15) is 66.2 Å². The maximum atomic E-state index is 10.4. The van der Waals surface area contributed by atoms with Crippen molar-refractivity contribution in [2.45, 2.75) is 77.3 Å². The fourth-order valence-corrected chi connectivity index (χ4v) is 2.99. The van der Waals surface area contributed by atoms with E-state index in [1.165, 1.54) is 0 Å². The van der Waals surface area contributed by atoms with E-state index in [0.717, 1.165) is 38.5 Å². The molecule has 1 saturated heterocycles. The largest absolute Gasteiger partial charge is 0.313 e. The molecule has 0 saturated carbocycles. The molecule has 0 aromatic carbocycles. The molecule has 1 aliphatic heterocycles. The Kier molecular flexibility index (Phi) is 3.59. The summed E-state index contributed by atoms with van der Waals surface area (Å²) in [5, 5.41) is 12.1. The average molecular weight is 199 g/mol. The fraction of sp³-hybridized carbons (Fsp3) is 1.00. The van der Waals surface area contributed by atoms with Gasteiger partial charge >= 0.3 is 0 Å². The van der Waals surface area contributed by atoms with Crippen LogP contribution in [0.25, 0.3) is 0 Å². The first kappa shape index (κ1) is 12.0. The Balaban J connectivity index is 2.90. The summed E-state index contributed by atoms with van der Waals surface area (Å²) in [6.07, 6.45) is 6.53. The van der Waals surface area contributed by atoms with Gasteiger partial charge in [0.25, 0.3) is 0 Å². The first-order chi connectivity index (χ1) is 6.60. The summed E-state index contributed by atoms with van der Waals surface area (Å²) in [6.45, 7) is 8.75. The quantitative estimate of drug-likeness (QED) is 0.748. The van der Waals surface area contributed by atoms with Gasteiger partial charge in [-0.05, 0) is 38.5 Å². The molecule has 1 heterocycles. The summed E-state index contributed by atoms with van der Waals surface area (Å²) in [5.74, 6) is 0.